The lowest BCUT2D eigenvalue weighted by Crippen LogP contribution is -3.14. The molecule has 0 amide bonds. The highest BCUT2D eigenvalue weighted by molar-refractivity contribution is 7.89. The number of nitrogens with one attached hydrogen (secondary N) is 2. The molecule has 9 heteroatoms. The molecule has 28 heavy (non-hydrogen) atoms. The standard InChI is InChI=1S/C19H19N5O3S/c20-13-15-5-1-4-8-18(15)28(26,27)23-11-9-22(10-12-23)14-24-17-7-3-2-6-16(17)21-19(24)25/h1-8H,9-12,14H2,(H,21,25)/p+1. The minimum absolute atomic E-state index is 0.0498. The zero-order valence-electron chi connectivity index (χ0n) is 15.1. The highest BCUT2D eigenvalue weighted by atomic mass is 32.2. The average molecular weight is 398 g/mol. The number of H-pyrrole nitrogens is 1. The normalized spacial score (nSPS) is 16.2. The first kappa shape index (κ1) is 18.4. The van der Waals surface area contributed by atoms with Crippen LogP contribution in [0.2, 0.25) is 0 Å². The summed E-state index contributed by atoms with van der Waals surface area (Å²) in [6.07, 6.45) is 0. The van der Waals surface area contributed by atoms with Gasteiger partial charge in [0.15, 0.2) is 6.67 Å². The summed E-state index contributed by atoms with van der Waals surface area (Å²) in [7, 11) is -3.71. The molecule has 0 unspecified atom stereocenters. The van der Waals surface area contributed by atoms with Gasteiger partial charge in [-0.2, -0.15) is 9.57 Å². The predicted molar refractivity (Wildman–Crippen MR) is 103 cm³/mol. The second-order valence-corrected chi connectivity index (χ2v) is 8.70. The number of fused-ring (bicyclic) bond motifs is 1. The van der Waals surface area contributed by atoms with Gasteiger partial charge in [0.2, 0.25) is 10.0 Å². The summed E-state index contributed by atoms with van der Waals surface area (Å²) in [5.41, 5.74) is 1.63. The molecule has 1 aliphatic heterocycles. The van der Waals surface area contributed by atoms with E-state index in [0.717, 1.165) is 15.9 Å². The molecule has 1 saturated heterocycles. The molecule has 3 aromatic rings. The lowest BCUT2D eigenvalue weighted by atomic mass is 10.2. The molecule has 2 aromatic carbocycles. The fraction of sp³-hybridized carbons (Fsp3) is 0.263. The van der Waals surface area contributed by atoms with Crippen LogP contribution in [0.25, 0.3) is 11.0 Å². The van der Waals surface area contributed by atoms with Gasteiger partial charge in [0.1, 0.15) is 6.07 Å². The Labute approximate surface area is 162 Å². The summed E-state index contributed by atoms with van der Waals surface area (Å²) in [6, 6.07) is 15.7. The van der Waals surface area contributed by atoms with E-state index in [2.05, 4.69) is 4.98 Å². The zero-order valence-corrected chi connectivity index (χ0v) is 15.9. The van der Waals surface area contributed by atoms with Crippen LogP contribution in [-0.4, -0.2) is 48.5 Å². The highest BCUT2D eigenvalue weighted by Crippen LogP contribution is 2.19. The second kappa shape index (κ2) is 7.24. The summed E-state index contributed by atoms with van der Waals surface area (Å²) in [5, 5.41) is 9.21. The molecule has 144 valence electrons. The number of quaternary nitrogens is 1. The van der Waals surface area contributed by atoms with E-state index in [0.29, 0.717) is 32.8 Å². The van der Waals surface area contributed by atoms with Crippen LogP contribution >= 0.6 is 0 Å². The molecule has 4 rings (SSSR count). The summed E-state index contributed by atoms with van der Waals surface area (Å²) >= 11 is 0. The number of aromatic nitrogens is 2. The quantitative estimate of drug-likeness (QED) is 0.632. The third-order valence-electron chi connectivity index (χ3n) is 5.12. The summed E-state index contributed by atoms with van der Waals surface area (Å²) in [4.78, 5) is 16.3. The van der Waals surface area contributed by atoms with Crippen molar-refractivity contribution in [2.24, 2.45) is 0 Å². The van der Waals surface area contributed by atoms with Gasteiger partial charge < -0.3 is 9.88 Å². The van der Waals surface area contributed by atoms with E-state index in [1.807, 2.05) is 30.3 Å². The highest BCUT2D eigenvalue weighted by Gasteiger charge is 2.32. The van der Waals surface area contributed by atoms with Crippen molar-refractivity contribution >= 4 is 21.1 Å². The van der Waals surface area contributed by atoms with Gasteiger partial charge in [-0.1, -0.05) is 24.3 Å². The van der Waals surface area contributed by atoms with Gasteiger partial charge in [-0.25, -0.2) is 17.8 Å². The first-order valence-electron chi connectivity index (χ1n) is 9.01. The molecule has 0 atom stereocenters. The molecule has 1 aliphatic rings. The largest absolute Gasteiger partial charge is 0.330 e. The average Bonchev–Trinajstić information content (AvgIpc) is 3.03. The molecule has 0 radical (unpaired) electrons. The minimum atomic E-state index is -3.71. The van der Waals surface area contributed by atoms with Gasteiger partial charge in [-0.15, -0.1) is 0 Å². The molecule has 2 N–H and O–H groups in total. The van der Waals surface area contributed by atoms with Crippen LogP contribution in [-0.2, 0) is 16.7 Å². The number of hydrogen-bond donors (Lipinski definition) is 2. The number of aromatic amines is 1. The van der Waals surface area contributed by atoms with E-state index < -0.39 is 10.0 Å². The van der Waals surface area contributed by atoms with Crippen molar-refractivity contribution in [3.63, 3.8) is 0 Å². The summed E-state index contributed by atoms with van der Waals surface area (Å²) in [5.74, 6) is 0. The number of sulfonamides is 1. The first-order chi connectivity index (χ1) is 13.5. The number of hydrogen-bond acceptors (Lipinski definition) is 4. The zero-order chi connectivity index (χ0) is 19.7. The van der Waals surface area contributed by atoms with Crippen molar-refractivity contribution in [1.29, 1.82) is 5.26 Å². The molecule has 8 nitrogen and oxygen atoms in total. The van der Waals surface area contributed by atoms with Crippen LogP contribution < -0.4 is 10.6 Å². The Bertz CT molecular complexity index is 1210. The van der Waals surface area contributed by atoms with E-state index in [4.69, 9.17) is 0 Å². The maximum atomic E-state index is 12.9. The number of piperazine rings is 1. The van der Waals surface area contributed by atoms with Crippen molar-refractivity contribution < 1.29 is 13.3 Å². The Morgan fingerprint density at radius 3 is 2.50 bits per heavy atom. The number of rotatable bonds is 4. The first-order valence-corrected chi connectivity index (χ1v) is 10.4. The van der Waals surface area contributed by atoms with Gasteiger partial charge in [-0.05, 0) is 24.3 Å². The molecule has 0 saturated carbocycles. The Morgan fingerprint density at radius 1 is 1.07 bits per heavy atom. The molecule has 0 bridgehead atoms. The van der Waals surface area contributed by atoms with Crippen LogP contribution in [0.15, 0.2) is 58.2 Å². The molecule has 0 aliphatic carbocycles. The lowest BCUT2D eigenvalue weighted by molar-refractivity contribution is -0.926. The van der Waals surface area contributed by atoms with Gasteiger partial charge in [0.25, 0.3) is 0 Å². The van der Waals surface area contributed by atoms with Crippen LogP contribution in [0.3, 0.4) is 0 Å². The summed E-state index contributed by atoms with van der Waals surface area (Å²) in [6.45, 7) is 2.33. The van der Waals surface area contributed by atoms with E-state index in [1.54, 1.807) is 16.7 Å². The number of para-hydroxylation sites is 2. The van der Waals surface area contributed by atoms with Crippen molar-refractivity contribution in [1.82, 2.24) is 13.9 Å². The van der Waals surface area contributed by atoms with E-state index in [1.165, 1.54) is 16.4 Å². The topological polar surface area (TPSA) is 103 Å². The van der Waals surface area contributed by atoms with E-state index in [9.17, 15) is 18.5 Å². The number of imidazole rings is 1. The Balaban J connectivity index is 1.50. The van der Waals surface area contributed by atoms with Crippen LogP contribution in [0.1, 0.15) is 5.56 Å². The number of benzene rings is 2. The molecule has 1 fully saturated rings. The Hall–Kier alpha value is -2.93. The van der Waals surface area contributed by atoms with E-state index >= 15 is 0 Å². The molecule has 2 heterocycles. The summed E-state index contributed by atoms with van der Waals surface area (Å²) < 4.78 is 29.0. The number of nitrogens with zero attached hydrogens (tertiary/aromatic N) is 3. The maximum Gasteiger partial charge on any atom is 0.330 e. The molecular weight excluding hydrogens is 378 g/mol. The third kappa shape index (κ3) is 3.22. The second-order valence-electron chi connectivity index (χ2n) is 6.80. The SMILES string of the molecule is N#Cc1ccccc1S(=O)(=O)N1CC[NH+](Cn2c(=O)[nH]c3ccccc32)CC1. The fourth-order valence-corrected chi connectivity index (χ4v) is 5.19. The maximum absolute atomic E-state index is 12.9. The molecule has 1 aromatic heterocycles. The van der Waals surface area contributed by atoms with Crippen molar-refractivity contribution in [3.8, 4) is 6.07 Å². The Kier molecular flexibility index (Phi) is 4.77. The monoisotopic (exact) mass is 398 g/mol. The smallest absolute Gasteiger partial charge is 0.315 e. The van der Waals surface area contributed by atoms with Crippen LogP contribution in [0.4, 0.5) is 0 Å². The van der Waals surface area contributed by atoms with Gasteiger partial charge in [0.05, 0.1) is 47.7 Å². The minimum Gasteiger partial charge on any atom is -0.315 e. The van der Waals surface area contributed by atoms with E-state index in [-0.39, 0.29) is 16.1 Å². The Morgan fingerprint density at radius 2 is 1.75 bits per heavy atom. The fourth-order valence-electron chi connectivity index (χ4n) is 3.61. The van der Waals surface area contributed by atoms with Crippen LogP contribution in [0, 0.1) is 11.3 Å². The molecular formula is C19H20N5O3S+. The van der Waals surface area contributed by atoms with Crippen molar-refractivity contribution in [3.05, 3.63) is 64.6 Å². The van der Waals surface area contributed by atoms with Gasteiger partial charge >= 0.3 is 5.69 Å². The van der Waals surface area contributed by atoms with Crippen molar-refractivity contribution in [2.75, 3.05) is 26.2 Å². The molecule has 0 spiro atoms. The van der Waals surface area contributed by atoms with Crippen molar-refractivity contribution in [2.45, 2.75) is 11.6 Å². The van der Waals surface area contributed by atoms with Crippen LogP contribution in [0.5, 0.6) is 0 Å². The van der Waals surface area contributed by atoms with Gasteiger partial charge in [0, 0.05) is 0 Å². The third-order valence-corrected chi connectivity index (χ3v) is 7.07. The lowest BCUT2D eigenvalue weighted by Gasteiger charge is -2.31. The number of nitriles is 1. The predicted octanol–water partition coefficient (Wildman–Crippen LogP) is -0.252. The van der Waals surface area contributed by atoms with Gasteiger partial charge in [-0.3, -0.25) is 0 Å².